The summed E-state index contributed by atoms with van der Waals surface area (Å²) in [6, 6.07) is 0.155. The minimum absolute atomic E-state index is 0.00801. The minimum Gasteiger partial charge on any atom is -0.480 e. The molecule has 1 unspecified atom stereocenters. The summed E-state index contributed by atoms with van der Waals surface area (Å²) in [6.07, 6.45) is 5.56. The molecule has 1 aliphatic carbocycles. The summed E-state index contributed by atoms with van der Waals surface area (Å²) < 4.78 is 0. The smallest absolute Gasteiger partial charge is 0.323 e. The Hall–Kier alpha value is -1.06. The van der Waals surface area contributed by atoms with Crippen LogP contribution < -0.4 is 0 Å². The fraction of sp³-hybridized carbons (Fsp3) is 0.846. The highest BCUT2D eigenvalue weighted by Gasteiger charge is 2.28. The van der Waals surface area contributed by atoms with Gasteiger partial charge in [-0.25, -0.2) is 0 Å². The zero-order valence-electron chi connectivity index (χ0n) is 10.8. The molecule has 1 atom stereocenters. The maximum Gasteiger partial charge on any atom is 0.323 e. The summed E-state index contributed by atoms with van der Waals surface area (Å²) in [6.45, 7) is 3.94. The van der Waals surface area contributed by atoms with Crippen LogP contribution in [-0.2, 0) is 9.59 Å². The zero-order chi connectivity index (χ0) is 12.8. The van der Waals surface area contributed by atoms with Gasteiger partial charge in [0.15, 0.2) is 0 Å². The number of carbonyl (C=O) groups excluding carboxylic acids is 1. The van der Waals surface area contributed by atoms with Gasteiger partial charge in [-0.15, -0.1) is 0 Å². The fourth-order valence-electron chi connectivity index (χ4n) is 2.34. The SMILES string of the molecule is CCC(C)CC(=O)N(CC(=O)O)C1CCCC1. The lowest BCUT2D eigenvalue weighted by molar-refractivity contribution is -0.146. The average Bonchev–Trinajstić information content (AvgIpc) is 2.78. The molecular weight excluding hydrogens is 218 g/mol. The first-order chi connectivity index (χ1) is 8.04. The van der Waals surface area contributed by atoms with E-state index in [2.05, 4.69) is 6.92 Å². The maximum atomic E-state index is 12.1. The molecule has 1 saturated carbocycles. The van der Waals surface area contributed by atoms with Gasteiger partial charge >= 0.3 is 5.97 Å². The summed E-state index contributed by atoms with van der Waals surface area (Å²) in [7, 11) is 0. The quantitative estimate of drug-likeness (QED) is 0.776. The first-order valence-electron chi connectivity index (χ1n) is 6.55. The molecule has 98 valence electrons. The van der Waals surface area contributed by atoms with E-state index in [1.807, 2.05) is 6.92 Å². The molecule has 1 N–H and O–H groups in total. The Kier molecular flexibility index (Phi) is 5.45. The van der Waals surface area contributed by atoms with Crippen LogP contribution in [0.1, 0.15) is 52.4 Å². The number of carboxylic acids is 1. The molecule has 0 heterocycles. The van der Waals surface area contributed by atoms with Crippen molar-refractivity contribution in [1.82, 2.24) is 4.90 Å². The van der Waals surface area contributed by atoms with Gasteiger partial charge in [-0.2, -0.15) is 0 Å². The predicted octanol–water partition coefficient (Wildman–Crippen LogP) is 2.28. The molecule has 0 aromatic rings. The van der Waals surface area contributed by atoms with Gasteiger partial charge in [0.2, 0.25) is 5.91 Å². The third-order valence-corrected chi connectivity index (χ3v) is 3.61. The molecule has 0 aliphatic heterocycles. The lowest BCUT2D eigenvalue weighted by Crippen LogP contribution is -2.42. The van der Waals surface area contributed by atoms with Gasteiger partial charge in [0, 0.05) is 12.5 Å². The summed E-state index contributed by atoms with van der Waals surface area (Å²) in [5.41, 5.74) is 0. The Bertz CT molecular complexity index is 272. The molecule has 4 heteroatoms. The molecule has 1 rings (SSSR count). The van der Waals surface area contributed by atoms with E-state index in [1.165, 1.54) is 0 Å². The van der Waals surface area contributed by atoms with Crippen LogP contribution in [0, 0.1) is 5.92 Å². The molecule has 4 nitrogen and oxygen atoms in total. The van der Waals surface area contributed by atoms with E-state index >= 15 is 0 Å². The number of nitrogens with zero attached hydrogens (tertiary/aromatic N) is 1. The van der Waals surface area contributed by atoms with Gasteiger partial charge in [0.1, 0.15) is 6.54 Å². The van der Waals surface area contributed by atoms with Gasteiger partial charge < -0.3 is 10.0 Å². The maximum absolute atomic E-state index is 12.1. The number of aliphatic carboxylic acids is 1. The van der Waals surface area contributed by atoms with Crippen LogP contribution in [-0.4, -0.2) is 34.5 Å². The van der Waals surface area contributed by atoms with Crippen LogP contribution >= 0.6 is 0 Å². The van der Waals surface area contributed by atoms with Crippen molar-refractivity contribution < 1.29 is 14.7 Å². The topological polar surface area (TPSA) is 57.6 Å². The Morgan fingerprint density at radius 1 is 1.35 bits per heavy atom. The minimum atomic E-state index is -0.908. The molecule has 0 aromatic carbocycles. The molecule has 1 amide bonds. The van der Waals surface area contributed by atoms with Crippen LogP contribution in [0.4, 0.5) is 0 Å². The zero-order valence-corrected chi connectivity index (χ0v) is 10.8. The number of carbonyl (C=O) groups is 2. The van der Waals surface area contributed by atoms with Crippen molar-refractivity contribution in [3.05, 3.63) is 0 Å². The van der Waals surface area contributed by atoms with Crippen molar-refractivity contribution >= 4 is 11.9 Å². The normalized spacial score (nSPS) is 18.0. The van der Waals surface area contributed by atoms with Crippen LogP contribution in [0.3, 0.4) is 0 Å². The second-order valence-electron chi connectivity index (χ2n) is 5.07. The summed E-state index contributed by atoms with van der Waals surface area (Å²) in [4.78, 5) is 24.5. The van der Waals surface area contributed by atoms with Crippen molar-refractivity contribution in [1.29, 1.82) is 0 Å². The first kappa shape index (κ1) is 14.0. The number of carboxylic acid groups (broad SMARTS) is 1. The van der Waals surface area contributed by atoms with Gasteiger partial charge in [-0.1, -0.05) is 33.1 Å². The largest absolute Gasteiger partial charge is 0.480 e. The van der Waals surface area contributed by atoms with Gasteiger partial charge in [0.05, 0.1) is 0 Å². The second-order valence-corrected chi connectivity index (χ2v) is 5.07. The van der Waals surface area contributed by atoms with Crippen molar-refractivity contribution in [2.45, 2.75) is 58.4 Å². The Morgan fingerprint density at radius 2 is 1.94 bits per heavy atom. The number of hydrogen-bond donors (Lipinski definition) is 1. The lowest BCUT2D eigenvalue weighted by Gasteiger charge is -2.28. The van der Waals surface area contributed by atoms with Crippen molar-refractivity contribution in [3.8, 4) is 0 Å². The van der Waals surface area contributed by atoms with E-state index < -0.39 is 5.97 Å². The number of rotatable bonds is 6. The fourth-order valence-corrected chi connectivity index (χ4v) is 2.34. The summed E-state index contributed by atoms with van der Waals surface area (Å²) in [5.74, 6) is -0.566. The average molecular weight is 241 g/mol. The highest BCUT2D eigenvalue weighted by atomic mass is 16.4. The van der Waals surface area contributed by atoms with E-state index in [-0.39, 0.29) is 18.5 Å². The van der Waals surface area contributed by atoms with Crippen LogP contribution in [0.5, 0.6) is 0 Å². The van der Waals surface area contributed by atoms with Crippen molar-refractivity contribution in [2.24, 2.45) is 5.92 Å². The monoisotopic (exact) mass is 241 g/mol. The molecule has 1 aliphatic rings. The Balaban J connectivity index is 2.60. The van der Waals surface area contributed by atoms with E-state index in [0.717, 1.165) is 32.1 Å². The van der Waals surface area contributed by atoms with E-state index in [0.29, 0.717) is 12.3 Å². The summed E-state index contributed by atoms with van der Waals surface area (Å²) in [5, 5.41) is 8.89. The first-order valence-corrected chi connectivity index (χ1v) is 6.55. The predicted molar refractivity (Wildman–Crippen MR) is 65.7 cm³/mol. The molecule has 0 spiro atoms. The third kappa shape index (κ3) is 4.36. The molecule has 0 saturated heterocycles. The molecule has 0 bridgehead atoms. The number of hydrogen-bond acceptors (Lipinski definition) is 2. The van der Waals surface area contributed by atoms with E-state index in [9.17, 15) is 9.59 Å². The van der Waals surface area contributed by atoms with Gasteiger partial charge in [0.25, 0.3) is 0 Å². The third-order valence-electron chi connectivity index (χ3n) is 3.61. The number of amides is 1. The van der Waals surface area contributed by atoms with Crippen molar-refractivity contribution in [3.63, 3.8) is 0 Å². The van der Waals surface area contributed by atoms with Gasteiger partial charge in [-0.3, -0.25) is 9.59 Å². The van der Waals surface area contributed by atoms with Crippen LogP contribution in [0.25, 0.3) is 0 Å². The van der Waals surface area contributed by atoms with E-state index in [1.54, 1.807) is 4.90 Å². The molecule has 0 radical (unpaired) electrons. The van der Waals surface area contributed by atoms with Crippen LogP contribution in [0.2, 0.25) is 0 Å². The highest BCUT2D eigenvalue weighted by Crippen LogP contribution is 2.24. The Labute approximate surface area is 103 Å². The van der Waals surface area contributed by atoms with Crippen LogP contribution in [0.15, 0.2) is 0 Å². The molecule has 1 fully saturated rings. The lowest BCUT2D eigenvalue weighted by atomic mass is 10.0. The molecular formula is C13H23NO3. The second kappa shape index (κ2) is 6.62. The standard InChI is InChI=1S/C13H23NO3/c1-3-10(2)8-12(15)14(9-13(16)17)11-6-4-5-7-11/h10-11H,3-9H2,1-2H3,(H,16,17). The Morgan fingerprint density at radius 3 is 2.41 bits per heavy atom. The molecule has 17 heavy (non-hydrogen) atoms. The van der Waals surface area contributed by atoms with Gasteiger partial charge in [-0.05, 0) is 18.8 Å². The highest BCUT2D eigenvalue weighted by molar-refractivity contribution is 5.81. The van der Waals surface area contributed by atoms with E-state index in [4.69, 9.17) is 5.11 Å². The van der Waals surface area contributed by atoms with Crippen molar-refractivity contribution in [2.75, 3.05) is 6.54 Å². The summed E-state index contributed by atoms with van der Waals surface area (Å²) >= 11 is 0. The molecule has 0 aromatic heterocycles.